The van der Waals surface area contributed by atoms with Crippen LogP contribution in [-0.4, -0.2) is 15.6 Å². The summed E-state index contributed by atoms with van der Waals surface area (Å²) >= 11 is 3.09. The van der Waals surface area contributed by atoms with Crippen LogP contribution in [0.1, 0.15) is 13.8 Å². The van der Waals surface area contributed by atoms with Gasteiger partial charge in [0.2, 0.25) is 0 Å². The van der Waals surface area contributed by atoms with Gasteiger partial charge in [0.1, 0.15) is 0 Å². The van der Waals surface area contributed by atoms with Gasteiger partial charge >= 0.3 is 6.09 Å². The summed E-state index contributed by atoms with van der Waals surface area (Å²) in [6.07, 6.45) is -1.02. The largest absolute Gasteiger partial charge is 0.465 e. The number of alkyl halides is 1. The second-order valence-corrected chi connectivity index (χ2v) is 3.89. The van der Waals surface area contributed by atoms with E-state index in [1.165, 1.54) is 0 Å². The molecule has 0 aromatic carbocycles. The second kappa shape index (κ2) is 4.11. The summed E-state index contributed by atoms with van der Waals surface area (Å²) in [5, 5.41) is 10.3. The molecule has 0 aliphatic heterocycles. The van der Waals surface area contributed by atoms with Crippen molar-refractivity contribution in [3.05, 3.63) is 0 Å². The molecule has 0 atom stereocenters. The lowest BCUT2D eigenvalue weighted by molar-refractivity contribution is 0.190. The topological polar surface area (TPSA) is 49.3 Å². The molecule has 0 bridgehead atoms. The van der Waals surface area contributed by atoms with Gasteiger partial charge in [0.25, 0.3) is 0 Å². The minimum absolute atomic E-state index is 0. The predicted octanol–water partition coefficient (Wildman–Crippen LogP) is 1.96. The molecule has 0 radical (unpaired) electrons. The van der Waals surface area contributed by atoms with E-state index in [9.17, 15) is 4.79 Å². The molecule has 5 heteroatoms. The fourth-order valence-corrected chi connectivity index (χ4v) is 0.424. The molecule has 3 nitrogen and oxygen atoms in total. The maximum Gasteiger partial charge on any atom is 0.405 e. The lowest BCUT2D eigenvalue weighted by Gasteiger charge is -2.14. The number of hydrogen-bond acceptors (Lipinski definition) is 1. The number of hydrogen-bond donors (Lipinski definition) is 2. The van der Waals surface area contributed by atoms with E-state index in [2.05, 4.69) is 21.2 Å². The van der Waals surface area contributed by atoms with E-state index in [1.54, 1.807) is 13.8 Å². The summed E-state index contributed by atoms with van der Waals surface area (Å²) in [5.74, 6) is 0. The number of carbonyl (C=O) groups is 1. The van der Waals surface area contributed by atoms with E-state index in [4.69, 9.17) is 5.11 Å². The minimum atomic E-state index is -1.02. The van der Waals surface area contributed by atoms with Crippen molar-refractivity contribution >= 4 is 39.0 Å². The Hall–Kier alpha value is 0.230. The molecule has 0 spiro atoms. The van der Waals surface area contributed by atoms with Gasteiger partial charge in [-0.2, -0.15) is 0 Å². The number of carboxylic acid groups (broad SMARTS) is 1. The Bertz CT molecular complexity index is 99.2. The number of halogens is 2. The molecule has 0 heterocycles. The van der Waals surface area contributed by atoms with Crippen LogP contribution in [0.4, 0.5) is 4.79 Å². The highest BCUT2D eigenvalue weighted by Crippen LogP contribution is 2.09. The molecular formula is C4H9Br2NO2. The van der Waals surface area contributed by atoms with Crippen molar-refractivity contribution in [1.82, 2.24) is 5.32 Å². The average molecular weight is 263 g/mol. The van der Waals surface area contributed by atoms with Crippen LogP contribution in [0, 0.1) is 0 Å². The summed E-state index contributed by atoms with van der Waals surface area (Å²) in [6.45, 7) is 3.42. The number of nitrogens with one attached hydrogen (secondary N) is 1. The van der Waals surface area contributed by atoms with E-state index < -0.39 is 10.5 Å². The van der Waals surface area contributed by atoms with Gasteiger partial charge in [0.15, 0.2) is 0 Å². The van der Waals surface area contributed by atoms with Crippen molar-refractivity contribution in [2.24, 2.45) is 0 Å². The molecule has 0 aromatic rings. The first-order valence-corrected chi connectivity index (χ1v) is 2.91. The fourth-order valence-electron chi connectivity index (χ4n) is 0.254. The van der Waals surface area contributed by atoms with Crippen molar-refractivity contribution in [1.29, 1.82) is 0 Å². The van der Waals surface area contributed by atoms with E-state index in [0.717, 1.165) is 0 Å². The van der Waals surface area contributed by atoms with Gasteiger partial charge in [0.05, 0.1) is 4.45 Å². The molecule has 0 unspecified atom stereocenters. The molecule has 1 amide bonds. The number of rotatable bonds is 1. The quantitative estimate of drug-likeness (QED) is 0.561. The summed E-state index contributed by atoms with van der Waals surface area (Å²) in [6, 6.07) is 0. The summed E-state index contributed by atoms with van der Waals surface area (Å²) in [4.78, 5) is 9.87. The fraction of sp³-hybridized carbons (Fsp3) is 0.750. The highest BCUT2D eigenvalue weighted by atomic mass is 79.9. The van der Waals surface area contributed by atoms with Crippen LogP contribution < -0.4 is 5.32 Å². The Morgan fingerprint density at radius 1 is 1.67 bits per heavy atom. The van der Waals surface area contributed by atoms with E-state index in [1.807, 2.05) is 0 Å². The van der Waals surface area contributed by atoms with Crippen molar-refractivity contribution in [3.63, 3.8) is 0 Å². The van der Waals surface area contributed by atoms with Crippen LogP contribution >= 0.6 is 32.9 Å². The summed E-state index contributed by atoms with van der Waals surface area (Å²) < 4.78 is -0.515. The van der Waals surface area contributed by atoms with E-state index >= 15 is 0 Å². The Labute approximate surface area is 72.7 Å². The second-order valence-electron chi connectivity index (χ2n) is 1.90. The van der Waals surface area contributed by atoms with Crippen LogP contribution in [-0.2, 0) is 0 Å². The average Bonchev–Trinajstić information content (AvgIpc) is 1.21. The first-order chi connectivity index (χ1) is 3.42. The van der Waals surface area contributed by atoms with Crippen LogP contribution in [0.3, 0.4) is 0 Å². The van der Waals surface area contributed by atoms with Crippen molar-refractivity contribution < 1.29 is 9.90 Å². The molecule has 0 saturated heterocycles. The Balaban J connectivity index is 0. The predicted molar refractivity (Wildman–Crippen MR) is 44.5 cm³/mol. The zero-order chi connectivity index (χ0) is 6.78. The van der Waals surface area contributed by atoms with Crippen LogP contribution in [0.25, 0.3) is 0 Å². The molecule has 0 aliphatic carbocycles. The molecule has 56 valence electrons. The maximum absolute atomic E-state index is 9.87. The highest BCUT2D eigenvalue weighted by Gasteiger charge is 2.13. The van der Waals surface area contributed by atoms with E-state index in [-0.39, 0.29) is 17.0 Å². The normalized spacial score (nSPS) is 9.67. The van der Waals surface area contributed by atoms with Crippen molar-refractivity contribution in [3.8, 4) is 0 Å². The van der Waals surface area contributed by atoms with Crippen LogP contribution in [0.15, 0.2) is 0 Å². The third-order valence-corrected chi connectivity index (χ3v) is 0.602. The van der Waals surface area contributed by atoms with Gasteiger partial charge in [-0.15, -0.1) is 17.0 Å². The van der Waals surface area contributed by atoms with Gasteiger partial charge in [-0.05, 0) is 13.8 Å². The SMILES string of the molecule is Br.CC(C)(Br)NC(=O)O. The molecule has 9 heavy (non-hydrogen) atoms. The Morgan fingerprint density at radius 2 is 2.00 bits per heavy atom. The van der Waals surface area contributed by atoms with Gasteiger partial charge in [0, 0.05) is 0 Å². The molecular weight excluding hydrogens is 254 g/mol. The lowest BCUT2D eigenvalue weighted by Crippen LogP contribution is -2.36. The molecule has 0 rings (SSSR count). The zero-order valence-electron chi connectivity index (χ0n) is 5.14. The van der Waals surface area contributed by atoms with Gasteiger partial charge < -0.3 is 10.4 Å². The molecule has 0 aliphatic rings. The molecule has 0 saturated carbocycles. The standard InChI is InChI=1S/C4H8BrNO2.BrH/c1-4(2,5)6-3(7)8;/h6H,1-2H3,(H,7,8);1H. The first kappa shape index (κ1) is 12.0. The Morgan fingerprint density at radius 3 is 2.00 bits per heavy atom. The van der Waals surface area contributed by atoms with Crippen LogP contribution in [0.5, 0.6) is 0 Å². The van der Waals surface area contributed by atoms with Gasteiger partial charge in [-0.1, -0.05) is 15.9 Å². The maximum atomic E-state index is 9.87. The number of amides is 1. The lowest BCUT2D eigenvalue weighted by atomic mass is 10.4. The third-order valence-electron chi connectivity index (χ3n) is 0.404. The Kier molecular flexibility index (Phi) is 5.46. The van der Waals surface area contributed by atoms with Crippen molar-refractivity contribution in [2.45, 2.75) is 18.3 Å². The first-order valence-electron chi connectivity index (χ1n) is 2.12. The highest BCUT2D eigenvalue weighted by molar-refractivity contribution is 9.10. The minimum Gasteiger partial charge on any atom is -0.465 e. The zero-order valence-corrected chi connectivity index (χ0v) is 8.44. The van der Waals surface area contributed by atoms with Crippen molar-refractivity contribution in [2.75, 3.05) is 0 Å². The van der Waals surface area contributed by atoms with Gasteiger partial charge in [-0.3, -0.25) is 0 Å². The van der Waals surface area contributed by atoms with Gasteiger partial charge in [-0.25, -0.2) is 4.79 Å². The smallest absolute Gasteiger partial charge is 0.405 e. The van der Waals surface area contributed by atoms with E-state index in [0.29, 0.717) is 0 Å². The monoisotopic (exact) mass is 261 g/mol. The third kappa shape index (κ3) is 11.7. The molecule has 0 fully saturated rings. The molecule has 2 N–H and O–H groups in total. The van der Waals surface area contributed by atoms with Crippen LogP contribution in [0.2, 0.25) is 0 Å². The summed E-state index contributed by atoms with van der Waals surface area (Å²) in [7, 11) is 0. The molecule has 0 aromatic heterocycles. The summed E-state index contributed by atoms with van der Waals surface area (Å²) in [5.41, 5.74) is 0.